The molecule has 1 aromatic heterocycles. The Morgan fingerprint density at radius 3 is 2.57 bits per heavy atom. The van der Waals surface area contributed by atoms with E-state index < -0.39 is 0 Å². The van der Waals surface area contributed by atoms with Gasteiger partial charge in [0.15, 0.2) is 0 Å². The Morgan fingerprint density at radius 1 is 1.29 bits per heavy atom. The van der Waals surface area contributed by atoms with Gasteiger partial charge in [-0.3, -0.25) is 9.13 Å². The van der Waals surface area contributed by atoms with E-state index in [0.29, 0.717) is 13.1 Å². The lowest BCUT2D eigenvalue weighted by Gasteiger charge is -2.20. The Hall–Kier alpha value is -2.01. The minimum atomic E-state index is 0.0179. The summed E-state index contributed by atoms with van der Waals surface area (Å²) in [5.41, 5.74) is 2.25. The molecule has 0 aliphatic heterocycles. The van der Waals surface area contributed by atoms with E-state index >= 15 is 0 Å². The van der Waals surface area contributed by atoms with E-state index in [4.69, 9.17) is 4.74 Å². The molecule has 0 amide bonds. The van der Waals surface area contributed by atoms with Crippen LogP contribution < -0.4 is 15.7 Å². The van der Waals surface area contributed by atoms with Crippen molar-refractivity contribution in [3.63, 3.8) is 0 Å². The Morgan fingerprint density at radius 2 is 2.00 bits per heavy atom. The molecule has 1 N–H and O–H groups in total. The van der Waals surface area contributed by atoms with Crippen LogP contribution in [0.4, 0.5) is 0 Å². The number of rotatable bonds is 6. The third-order valence-corrected chi connectivity index (χ3v) is 3.75. The molecular weight excluding hydrogens is 266 g/mol. The van der Waals surface area contributed by atoms with Crippen LogP contribution in [0.3, 0.4) is 0 Å². The number of hydrogen-bond donors (Lipinski definition) is 1. The van der Waals surface area contributed by atoms with E-state index in [1.165, 1.54) is 5.56 Å². The summed E-state index contributed by atoms with van der Waals surface area (Å²) in [4.78, 5) is 12.2. The first-order chi connectivity index (χ1) is 10.1. The summed E-state index contributed by atoms with van der Waals surface area (Å²) >= 11 is 0. The molecule has 114 valence electrons. The predicted octanol–water partition coefficient (Wildman–Crippen LogP) is 1.95. The minimum absolute atomic E-state index is 0.0179. The molecule has 5 nitrogen and oxygen atoms in total. The topological polar surface area (TPSA) is 48.2 Å². The van der Waals surface area contributed by atoms with Crippen molar-refractivity contribution in [1.82, 2.24) is 14.5 Å². The molecule has 0 saturated carbocycles. The van der Waals surface area contributed by atoms with Gasteiger partial charge < -0.3 is 10.1 Å². The van der Waals surface area contributed by atoms with Gasteiger partial charge in [-0.1, -0.05) is 17.7 Å². The van der Waals surface area contributed by atoms with Gasteiger partial charge in [-0.15, -0.1) is 0 Å². The second-order valence-electron chi connectivity index (χ2n) is 5.11. The number of nitrogens with zero attached hydrogens (tertiary/aromatic N) is 2. The van der Waals surface area contributed by atoms with Crippen molar-refractivity contribution in [2.24, 2.45) is 0 Å². The first-order valence-corrected chi connectivity index (χ1v) is 7.18. The van der Waals surface area contributed by atoms with Crippen LogP contribution in [-0.2, 0) is 13.1 Å². The molecule has 0 aliphatic carbocycles. The van der Waals surface area contributed by atoms with Crippen molar-refractivity contribution in [3.05, 3.63) is 52.2 Å². The van der Waals surface area contributed by atoms with Crippen molar-refractivity contribution in [3.8, 4) is 5.75 Å². The smallest absolute Gasteiger partial charge is 0.328 e. The number of imidazole rings is 1. The molecule has 5 heteroatoms. The number of nitrogens with one attached hydrogen (secondary N) is 1. The van der Waals surface area contributed by atoms with Gasteiger partial charge >= 0.3 is 5.69 Å². The first kappa shape index (κ1) is 15.4. The summed E-state index contributed by atoms with van der Waals surface area (Å²) in [5, 5.41) is 3.27. The molecular formula is C16H23N3O2. The molecule has 0 saturated heterocycles. The number of benzene rings is 1. The van der Waals surface area contributed by atoms with E-state index in [2.05, 4.69) is 18.3 Å². The van der Waals surface area contributed by atoms with Gasteiger partial charge in [0.05, 0.1) is 13.2 Å². The molecule has 1 unspecified atom stereocenters. The van der Waals surface area contributed by atoms with Gasteiger partial charge in [-0.25, -0.2) is 4.79 Å². The van der Waals surface area contributed by atoms with E-state index in [9.17, 15) is 4.79 Å². The third-order valence-electron chi connectivity index (χ3n) is 3.75. The van der Waals surface area contributed by atoms with Crippen LogP contribution in [0.15, 0.2) is 35.4 Å². The van der Waals surface area contributed by atoms with Gasteiger partial charge in [0.1, 0.15) is 5.75 Å². The molecule has 2 aromatic rings. The van der Waals surface area contributed by atoms with Crippen molar-refractivity contribution < 1.29 is 4.74 Å². The number of aryl methyl sites for hydroxylation is 2. The average Bonchev–Trinajstić information content (AvgIpc) is 2.85. The van der Waals surface area contributed by atoms with Crippen molar-refractivity contribution in [2.75, 3.05) is 14.2 Å². The monoisotopic (exact) mass is 289 g/mol. The summed E-state index contributed by atoms with van der Waals surface area (Å²) in [6, 6.07) is 6.11. The number of methoxy groups -OCH3 is 1. The summed E-state index contributed by atoms with van der Waals surface area (Å²) in [6.07, 6.45) is 3.65. The zero-order valence-electron chi connectivity index (χ0n) is 13.1. The lowest BCUT2D eigenvalue weighted by atomic mass is 10.0. The highest BCUT2D eigenvalue weighted by molar-refractivity contribution is 5.39. The van der Waals surface area contributed by atoms with Gasteiger partial charge in [-0.05, 0) is 27.0 Å². The molecule has 0 fully saturated rings. The lowest BCUT2D eigenvalue weighted by molar-refractivity contribution is 0.393. The zero-order chi connectivity index (χ0) is 15.4. The van der Waals surface area contributed by atoms with Crippen LogP contribution in [0.1, 0.15) is 24.1 Å². The molecule has 0 spiro atoms. The van der Waals surface area contributed by atoms with Crippen LogP contribution in [0.5, 0.6) is 5.75 Å². The number of ether oxygens (including phenoxy) is 1. The molecule has 1 heterocycles. The fraction of sp³-hybridized carbons (Fsp3) is 0.438. The van der Waals surface area contributed by atoms with Gasteiger partial charge in [0, 0.05) is 31.0 Å². The summed E-state index contributed by atoms with van der Waals surface area (Å²) in [6.45, 7) is 5.27. The normalized spacial score (nSPS) is 12.4. The molecule has 0 radical (unpaired) electrons. The van der Waals surface area contributed by atoms with E-state index in [1.807, 2.05) is 38.5 Å². The van der Waals surface area contributed by atoms with Gasteiger partial charge in [0.25, 0.3) is 0 Å². The largest absolute Gasteiger partial charge is 0.496 e. The Labute approximate surface area is 125 Å². The van der Waals surface area contributed by atoms with Crippen LogP contribution in [0, 0.1) is 6.92 Å². The SMILES string of the molecule is CCn1ccn(CC(NC)c2cc(C)ccc2OC)c1=O. The summed E-state index contributed by atoms with van der Waals surface area (Å²) in [5.74, 6) is 0.836. The molecule has 0 aliphatic rings. The van der Waals surface area contributed by atoms with Gasteiger partial charge in [-0.2, -0.15) is 0 Å². The quantitative estimate of drug-likeness (QED) is 0.884. The Kier molecular flexibility index (Phi) is 4.85. The highest BCUT2D eigenvalue weighted by Gasteiger charge is 2.16. The number of hydrogen-bond acceptors (Lipinski definition) is 3. The molecule has 21 heavy (non-hydrogen) atoms. The Balaban J connectivity index is 2.34. The summed E-state index contributed by atoms with van der Waals surface area (Å²) < 4.78 is 8.87. The van der Waals surface area contributed by atoms with Crippen molar-refractivity contribution in [1.29, 1.82) is 0 Å². The molecule has 0 bridgehead atoms. The van der Waals surface area contributed by atoms with Gasteiger partial charge in [0.2, 0.25) is 0 Å². The van der Waals surface area contributed by atoms with E-state index in [1.54, 1.807) is 16.2 Å². The van der Waals surface area contributed by atoms with Crippen LogP contribution >= 0.6 is 0 Å². The lowest BCUT2D eigenvalue weighted by Crippen LogP contribution is -2.30. The molecule has 1 aromatic carbocycles. The average molecular weight is 289 g/mol. The summed E-state index contributed by atoms with van der Waals surface area (Å²) in [7, 11) is 3.56. The molecule has 2 rings (SSSR count). The first-order valence-electron chi connectivity index (χ1n) is 7.18. The minimum Gasteiger partial charge on any atom is -0.496 e. The predicted molar refractivity (Wildman–Crippen MR) is 83.9 cm³/mol. The fourth-order valence-electron chi connectivity index (χ4n) is 2.50. The standard InChI is InChI=1S/C16H23N3O2/c1-5-18-8-9-19(16(18)20)11-14(17-3)13-10-12(2)6-7-15(13)21-4/h6-10,14,17H,5,11H2,1-4H3. The molecule has 1 atom stereocenters. The van der Waals surface area contributed by atoms with Crippen LogP contribution in [0.2, 0.25) is 0 Å². The maximum Gasteiger partial charge on any atom is 0.328 e. The second-order valence-corrected chi connectivity index (χ2v) is 5.11. The van der Waals surface area contributed by atoms with Crippen molar-refractivity contribution >= 4 is 0 Å². The van der Waals surface area contributed by atoms with E-state index in [-0.39, 0.29) is 11.7 Å². The second kappa shape index (κ2) is 6.63. The highest BCUT2D eigenvalue weighted by Crippen LogP contribution is 2.27. The maximum atomic E-state index is 12.2. The Bertz CT molecular complexity index is 658. The van der Waals surface area contributed by atoms with Crippen molar-refractivity contribution in [2.45, 2.75) is 33.0 Å². The maximum absolute atomic E-state index is 12.2. The highest BCUT2D eigenvalue weighted by atomic mass is 16.5. The number of aromatic nitrogens is 2. The van der Waals surface area contributed by atoms with E-state index in [0.717, 1.165) is 11.3 Å². The zero-order valence-corrected chi connectivity index (χ0v) is 13.1. The number of likely N-dealkylation sites (N-methyl/N-ethyl adjacent to an activating group) is 1. The third kappa shape index (κ3) is 3.19. The van der Waals surface area contributed by atoms with Crippen LogP contribution in [0.25, 0.3) is 0 Å². The van der Waals surface area contributed by atoms with Crippen LogP contribution in [-0.4, -0.2) is 23.3 Å². The fourth-order valence-corrected chi connectivity index (χ4v) is 2.50.